The number of amides is 1. The molecule has 0 radical (unpaired) electrons. The van der Waals surface area contributed by atoms with Crippen LogP contribution in [0.4, 0.5) is 0 Å². The minimum absolute atomic E-state index is 0.0117. The summed E-state index contributed by atoms with van der Waals surface area (Å²) in [6, 6.07) is 0.339. The van der Waals surface area contributed by atoms with Crippen LogP contribution >= 0.6 is 0 Å². The zero-order valence-corrected chi connectivity index (χ0v) is 9.90. The molecule has 0 saturated heterocycles. The van der Waals surface area contributed by atoms with Crippen molar-refractivity contribution in [3.8, 4) is 0 Å². The van der Waals surface area contributed by atoms with Crippen LogP contribution in [0.2, 0.25) is 0 Å². The van der Waals surface area contributed by atoms with Gasteiger partial charge in [0.15, 0.2) is 0 Å². The van der Waals surface area contributed by atoms with Gasteiger partial charge in [-0.3, -0.25) is 9.69 Å². The number of methoxy groups -OCH3 is 1. The molecule has 90 valence electrons. The summed E-state index contributed by atoms with van der Waals surface area (Å²) >= 11 is 0. The lowest BCUT2D eigenvalue weighted by Gasteiger charge is -2.33. The van der Waals surface area contributed by atoms with E-state index in [4.69, 9.17) is 16.2 Å². The summed E-state index contributed by atoms with van der Waals surface area (Å²) in [7, 11) is 1.66. The zero-order valence-electron chi connectivity index (χ0n) is 9.90. The van der Waals surface area contributed by atoms with Gasteiger partial charge >= 0.3 is 0 Å². The second-order valence-electron chi connectivity index (χ2n) is 3.88. The fraction of sp³-hybridized carbons (Fsp3) is 0.900. The van der Waals surface area contributed by atoms with Crippen LogP contribution in [0.15, 0.2) is 0 Å². The number of hydrogen-bond donors (Lipinski definition) is 2. The van der Waals surface area contributed by atoms with E-state index in [-0.39, 0.29) is 11.9 Å². The molecule has 0 fully saturated rings. The van der Waals surface area contributed by atoms with Crippen molar-refractivity contribution in [2.45, 2.75) is 32.4 Å². The molecule has 0 spiro atoms. The van der Waals surface area contributed by atoms with Gasteiger partial charge in [-0.2, -0.15) is 0 Å². The largest absolute Gasteiger partial charge is 0.383 e. The Hall–Kier alpha value is -0.650. The van der Waals surface area contributed by atoms with Gasteiger partial charge in [-0.05, 0) is 13.8 Å². The van der Waals surface area contributed by atoms with Crippen LogP contribution in [0.3, 0.4) is 0 Å². The maximum Gasteiger partial charge on any atom is 0.219 e. The fourth-order valence-electron chi connectivity index (χ4n) is 1.63. The average molecular weight is 217 g/mol. The third-order valence-electron chi connectivity index (χ3n) is 2.39. The summed E-state index contributed by atoms with van der Waals surface area (Å²) in [5.41, 5.74) is 10.8. The third-order valence-corrected chi connectivity index (χ3v) is 2.39. The molecule has 0 aromatic rings. The molecular formula is C10H23N3O2. The first-order valence-corrected chi connectivity index (χ1v) is 5.26. The first-order valence-electron chi connectivity index (χ1n) is 5.26. The highest BCUT2D eigenvalue weighted by atomic mass is 16.5. The number of ether oxygens (including phenoxy) is 1. The van der Waals surface area contributed by atoms with E-state index in [1.807, 2.05) is 0 Å². The highest BCUT2D eigenvalue weighted by Gasteiger charge is 2.21. The third kappa shape index (κ3) is 5.71. The number of nitrogens with two attached hydrogens (primary N) is 2. The van der Waals surface area contributed by atoms with E-state index < -0.39 is 0 Å². The maximum absolute atomic E-state index is 10.9. The van der Waals surface area contributed by atoms with E-state index >= 15 is 0 Å². The Bertz CT molecular complexity index is 186. The molecule has 0 aromatic carbocycles. The summed E-state index contributed by atoms with van der Waals surface area (Å²) in [5.74, 6) is -0.312. The molecule has 0 bridgehead atoms. The van der Waals surface area contributed by atoms with Gasteiger partial charge in [-0.15, -0.1) is 0 Å². The van der Waals surface area contributed by atoms with E-state index in [9.17, 15) is 4.79 Å². The van der Waals surface area contributed by atoms with Crippen molar-refractivity contribution in [2.75, 3.05) is 26.8 Å². The van der Waals surface area contributed by atoms with Crippen molar-refractivity contribution in [3.63, 3.8) is 0 Å². The Morgan fingerprint density at radius 2 is 2.07 bits per heavy atom. The summed E-state index contributed by atoms with van der Waals surface area (Å²) < 4.78 is 5.02. The van der Waals surface area contributed by atoms with E-state index in [1.54, 1.807) is 7.11 Å². The SMILES string of the molecule is COCCN(C(C)C)C(CN)CC(N)=O. The second kappa shape index (κ2) is 7.62. The van der Waals surface area contributed by atoms with E-state index in [0.717, 1.165) is 6.54 Å². The molecule has 0 aliphatic rings. The number of hydrogen-bond acceptors (Lipinski definition) is 4. The summed E-state index contributed by atoms with van der Waals surface area (Å²) in [4.78, 5) is 13.0. The van der Waals surface area contributed by atoms with E-state index in [2.05, 4.69) is 18.7 Å². The minimum atomic E-state index is -0.312. The lowest BCUT2D eigenvalue weighted by Crippen LogP contribution is -2.48. The Morgan fingerprint density at radius 1 is 1.47 bits per heavy atom. The molecule has 5 heteroatoms. The van der Waals surface area contributed by atoms with Crippen molar-refractivity contribution in [1.82, 2.24) is 4.90 Å². The van der Waals surface area contributed by atoms with Gasteiger partial charge in [0.1, 0.15) is 0 Å². The monoisotopic (exact) mass is 217 g/mol. The topological polar surface area (TPSA) is 81.6 Å². The Balaban J connectivity index is 4.33. The molecular weight excluding hydrogens is 194 g/mol. The lowest BCUT2D eigenvalue weighted by molar-refractivity contribution is -0.119. The normalized spacial score (nSPS) is 13.5. The van der Waals surface area contributed by atoms with Gasteiger partial charge in [0, 0.05) is 38.7 Å². The molecule has 1 amide bonds. The highest BCUT2D eigenvalue weighted by molar-refractivity contribution is 5.74. The first-order chi connectivity index (χ1) is 7.02. The Labute approximate surface area is 91.7 Å². The molecule has 5 nitrogen and oxygen atoms in total. The van der Waals surface area contributed by atoms with Gasteiger partial charge in [0.25, 0.3) is 0 Å². The Kier molecular flexibility index (Phi) is 7.29. The predicted molar refractivity (Wildman–Crippen MR) is 60.4 cm³/mol. The van der Waals surface area contributed by atoms with E-state index in [1.165, 1.54) is 0 Å². The summed E-state index contributed by atoms with van der Waals surface area (Å²) in [6.45, 7) is 5.97. The second-order valence-corrected chi connectivity index (χ2v) is 3.88. The van der Waals surface area contributed by atoms with Crippen molar-refractivity contribution < 1.29 is 9.53 Å². The Morgan fingerprint density at radius 3 is 2.40 bits per heavy atom. The van der Waals surface area contributed by atoms with Crippen molar-refractivity contribution in [3.05, 3.63) is 0 Å². The molecule has 0 aromatic heterocycles. The smallest absolute Gasteiger partial charge is 0.219 e. The van der Waals surface area contributed by atoms with Gasteiger partial charge in [0.05, 0.1) is 6.61 Å². The highest BCUT2D eigenvalue weighted by Crippen LogP contribution is 2.07. The molecule has 1 atom stereocenters. The van der Waals surface area contributed by atoms with Crippen LogP contribution in [-0.2, 0) is 9.53 Å². The first kappa shape index (κ1) is 14.3. The van der Waals surface area contributed by atoms with Gasteiger partial charge < -0.3 is 16.2 Å². The molecule has 0 saturated carbocycles. The van der Waals surface area contributed by atoms with Gasteiger partial charge in [-0.1, -0.05) is 0 Å². The molecule has 15 heavy (non-hydrogen) atoms. The number of nitrogens with zero attached hydrogens (tertiary/aromatic N) is 1. The van der Waals surface area contributed by atoms with Crippen molar-refractivity contribution in [1.29, 1.82) is 0 Å². The maximum atomic E-state index is 10.9. The number of rotatable bonds is 8. The van der Waals surface area contributed by atoms with E-state index in [0.29, 0.717) is 25.6 Å². The zero-order chi connectivity index (χ0) is 11.8. The summed E-state index contributed by atoms with van der Waals surface area (Å²) in [6.07, 6.45) is 0.304. The van der Waals surface area contributed by atoms with Gasteiger partial charge in [-0.25, -0.2) is 0 Å². The van der Waals surface area contributed by atoms with Crippen LogP contribution in [0.25, 0.3) is 0 Å². The van der Waals surface area contributed by atoms with Crippen molar-refractivity contribution in [2.24, 2.45) is 11.5 Å². The van der Waals surface area contributed by atoms with Crippen LogP contribution in [0, 0.1) is 0 Å². The van der Waals surface area contributed by atoms with Crippen LogP contribution in [-0.4, -0.2) is 49.7 Å². The molecule has 4 N–H and O–H groups in total. The standard InChI is InChI=1S/C10H23N3O2/c1-8(2)13(4-5-15-3)9(7-11)6-10(12)14/h8-9H,4-7,11H2,1-3H3,(H2,12,14). The predicted octanol–water partition coefficient (Wildman–Crippen LogP) is -0.454. The number of carbonyl (C=O) groups excluding carboxylic acids is 1. The molecule has 0 rings (SSSR count). The van der Waals surface area contributed by atoms with Gasteiger partial charge in [0.2, 0.25) is 5.91 Å². The van der Waals surface area contributed by atoms with Crippen LogP contribution < -0.4 is 11.5 Å². The molecule has 0 heterocycles. The van der Waals surface area contributed by atoms with Crippen LogP contribution in [0.5, 0.6) is 0 Å². The molecule has 1 unspecified atom stereocenters. The molecule has 0 aliphatic carbocycles. The average Bonchev–Trinajstić information content (AvgIpc) is 2.15. The number of carbonyl (C=O) groups is 1. The quantitative estimate of drug-likeness (QED) is 0.577. The number of primary amides is 1. The van der Waals surface area contributed by atoms with Crippen LogP contribution in [0.1, 0.15) is 20.3 Å². The summed E-state index contributed by atoms with van der Waals surface area (Å²) in [5, 5.41) is 0. The fourth-order valence-corrected chi connectivity index (χ4v) is 1.63. The lowest BCUT2D eigenvalue weighted by atomic mass is 10.1. The van der Waals surface area contributed by atoms with Crippen molar-refractivity contribution >= 4 is 5.91 Å². The minimum Gasteiger partial charge on any atom is -0.383 e. The molecule has 0 aliphatic heterocycles.